The number of nitrogens with zero attached hydrogens (tertiary/aromatic N) is 1. The van der Waals surface area contributed by atoms with Crippen molar-refractivity contribution in [2.75, 3.05) is 13.2 Å². The molecule has 0 aliphatic carbocycles. The first kappa shape index (κ1) is 17.5. The normalized spacial score (nSPS) is 24.5. The van der Waals surface area contributed by atoms with Gasteiger partial charge in [-0.25, -0.2) is 0 Å². The van der Waals surface area contributed by atoms with E-state index in [1.54, 1.807) is 6.92 Å². The number of aryl methyl sites for hydroxylation is 1. The number of carbonyl (C=O) groups excluding carboxylic acids is 1. The van der Waals surface area contributed by atoms with Gasteiger partial charge in [-0.05, 0) is 46.1 Å². The summed E-state index contributed by atoms with van der Waals surface area (Å²) in [7, 11) is 0. The van der Waals surface area contributed by atoms with Gasteiger partial charge in [0.25, 0.3) is 0 Å². The van der Waals surface area contributed by atoms with Gasteiger partial charge in [-0.3, -0.25) is 4.79 Å². The lowest BCUT2D eigenvalue weighted by molar-refractivity contribution is -0.153. The average Bonchev–Trinajstić information content (AvgIpc) is 2.47. The van der Waals surface area contributed by atoms with Crippen LogP contribution in [0.2, 0.25) is 0 Å². The van der Waals surface area contributed by atoms with E-state index < -0.39 is 17.3 Å². The van der Waals surface area contributed by atoms with Gasteiger partial charge < -0.3 is 9.47 Å². The molecule has 2 atom stereocenters. The molecule has 1 heterocycles. The number of carbonyl (C=O) groups is 1. The molecule has 0 aromatic heterocycles. The summed E-state index contributed by atoms with van der Waals surface area (Å²) in [5.41, 5.74) is 1.21. The molecule has 0 N–H and O–H groups in total. The third-order valence-electron chi connectivity index (χ3n) is 4.61. The van der Waals surface area contributed by atoms with Crippen LogP contribution in [-0.2, 0) is 19.7 Å². The zero-order valence-corrected chi connectivity index (χ0v) is 14.4. The van der Waals surface area contributed by atoms with E-state index in [9.17, 15) is 10.1 Å². The number of benzene rings is 1. The number of hydrogen-bond acceptors (Lipinski definition) is 4. The molecule has 124 valence electrons. The molecular weight excluding hydrogens is 290 g/mol. The molecule has 0 unspecified atom stereocenters. The lowest BCUT2D eigenvalue weighted by Crippen LogP contribution is -2.50. The van der Waals surface area contributed by atoms with Gasteiger partial charge in [-0.15, -0.1) is 0 Å². The molecular formula is C19H25NO3. The molecule has 23 heavy (non-hydrogen) atoms. The molecule has 1 aromatic carbocycles. The Kier molecular flexibility index (Phi) is 5.11. The van der Waals surface area contributed by atoms with Crippen LogP contribution in [-0.4, -0.2) is 24.8 Å². The summed E-state index contributed by atoms with van der Waals surface area (Å²) in [6, 6.07) is 10.3. The molecule has 0 saturated carbocycles. The van der Waals surface area contributed by atoms with Crippen LogP contribution >= 0.6 is 0 Å². The first-order valence-electron chi connectivity index (χ1n) is 8.12. The van der Waals surface area contributed by atoms with Crippen molar-refractivity contribution in [3.63, 3.8) is 0 Å². The van der Waals surface area contributed by atoms with Gasteiger partial charge in [0, 0.05) is 12.0 Å². The lowest BCUT2D eigenvalue weighted by Gasteiger charge is -2.46. The van der Waals surface area contributed by atoms with E-state index >= 15 is 0 Å². The minimum atomic E-state index is -0.826. The largest absolute Gasteiger partial charge is 0.465 e. The quantitative estimate of drug-likeness (QED) is 0.798. The minimum absolute atomic E-state index is 0.279. The molecule has 0 bridgehead atoms. The first-order valence-corrected chi connectivity index (χ1v) is 8.12. The van der Waals surface area contributed by atoms with Gasteiger partial charge in [-0.1, -0.05) is 29.8 Å². The van der Waals surface area contributed by atoms with Crippen LogP contribution in [0.15, 0.2) is 24.3 Å². The van der Waals surface area contributed by atoms with Crippen molar-refractivity contribution in [1.29, 1.82) is 5.26 Å². The maximum absolute atomic E-state index is 12.4. The highest BCUT2D eigenvalue weighted by Gasteiger charge is 2.51. The fraction of sp³-hybridized carbons (Fsp3) is 0.579. The number of hydrogen-bond donors (Lipinski definition) is 0. The summed E-state index contributed by atoms with van der Waals surface area (Å²) >= 11 is 0. The van der Waals surface area contributed by atoms with E-state index in [0.29, 0.717) is 19.4 Å². The summed E-state index contributed by atoms with van der Waals surface area (Å²) < 4.78 is 11.0. The van der Waals surface area contributed by atoms with Gasteiger partial charge in [0.15, 0.2) is 5.92 Å². The summed E-state index contributed by atoms with van der Waals surface area (Å²) in [5.74, 6) is -1.26. The molecule has 1 fully saturated rings. The van der Waals surface area contributed by atoms with E-state index in [4.69, 9.17) is 9.47 Å². The molecule has 4 nitrogen and oxygen atoms in total. The predicted molar refractivity (Wildman–Crippen MR) is 87.9 cm³/mol. The highest BCUT2D eigenvalue weighted by molar-refractivity contribution is 5.77. The fourth-order valence-electron chi connectivity index (χ4n) is 3.58. The van der Waals surface area contributed by atoms with Crippen molar-refractivity contribution in [3.05, 3.63) is 35.4 Å². The van der Waals surface area contributed by atoms with Crippen molar-refractivity contribution in [1.82, 2.24) is 0 Å². The first-order chi connectivity index (χ1) is 10.8. The SMILES string of the molecule is CCOC(=O)[C@H](C#N)[C@]1(c2ccc(C)cc2)CCOC(C)(C)C1. The van der Waals surface area contributed by atoms with E-state index in [2.05, 4.69) is 6.07 Å². The fourth-order valence-corrected chi connectivity index (χ4v) is 3.58. The Bertz CT molecular complexity index is 600. The van der Waals surface area contributed by atoms with E-state index in [-0.39, 0.29) is 12.2 Å². The van der Waals surface area contributed by atoms with E-state index in [1.807, 2.05) is 45.0 Å². The summed E-state index contributed by atoms with van der Waals surface area (Å²) in [5, 5.41) is 9.74. The Morgan fingerprint density at radius 3 is 2.57 bits per heavy atom. The summed E-state index contributed by atoms with van der Waals surface area (Å²) in [4.78, 5) is 12.4. The van der Waals surface area contributed by atoms with Crippen molar-refractivity contribution < 1.29 is 14.3 Å². The molecule has 1 aliphatic rings. The molecule has 2 rings (SSSR count). The van der Waals surface area contributed by atoms with Crippen molar-refractivity contribution in [2.45, 2.75) is 51.6 Å². The maximum atomic E-state index is 12.4. The highest BCUT2D eigenvalue weighted by Crippen LogP contribution is 2.47. The van der Waals surface area contributed by atoms with Crippen LogP contribution in [0.5, 0.6) is 0 Å². The van der Waals surface area contributed by atoms with E-state index in [1.165, 1.54) is 0 Å². The Morgan fingerprint density at radius 2 is 2.04 bits per heavy atom. The summed E-state index contributed by atoms with van der Waals surface area (Å²) in [6.07, 6.45) is 1.25. The van der Waals surface area contributed by atoms with Crippen molar-refractivity contribution in [2.24, 2.45) is 5.92 Å². The third kappa shape index (κ3) is 3.56. The molecule has 1 aromatic rings. The van der Waals surface area contributed by atoms with E-state index in [0.717, 1.165) is 11.1 Å². The van der Waals surface area contributed by atoms with Gasteiger partial charge >= 0.3 is 5.97 Å². The second kappa shape index (κ2) is 6.72. The van der Waals surface area contributed by atoms with Crippen LogP contribution < -0.4 is 0 Å². The lowest BCUT2D eigenvalue weighted by atomic mass is 9.62. The van der Waals surface area contributed by atoms with Crippen LogP contribution in [0, 0.1) is 24.2 Å². The topological polar surface area (TPSA) is 59.3 Å². The van der Waals surface area contributed by atoms with Crippen LogP contribution in [0.4, 0.5) is 0 Å². The Labute approximate surface area is 138 Å². The van der Waals surface area contributed by atoms with Crippen LogP contribution in [0.3, 0.4) is 0 Å². The minimum Gasteiger partial charge on any atom is -0.465 e. The monoisotopic (exact) mass is 315 g/mol. The molecule has 0 radical (unpaired) electrons. The number of ether oxygens (including phenoxy) is 2. The highest BCUT2D eigenvalue weighted by atomic mass is 16.5. The van der Waals surface area contributed by atoms with Crippen LogP contribution in [0.1, 0.15) is 44.7 Å². The second-order valence-electron chi connectivity index (χ2n) is 6.87. The number of esters is 1. The molecule has 0 spiro atoms. The smallest absolute Gasteiger partial charge is 0.324 e. The Morgan fingerprint density at radius 1 is 1.39 bits per heavy atom. The van der Waals surface area contributed by atoms with Gasteiger partial charge in [-0.2, -0.15) is 5.26 Å². The Balaban J connectivity index is 2.52. The molecule has 0 amide bonds. The third-order valence-corrected chi connectivity index (χ3v) is 4.61. The van der Waals surface area contributed by atoms with Gasteiger partial charge in [0.2, 0.25) is 0 Å². The van der Waals surface area contributed by atoms with Crippen molar-refractivity contribution in [3.8, 4) is 6.07 Å². The standard InChI is InChI=1S/C19H25NO3/c1-5-22-17(21)16(12-20)19(10-11-23-18(3,4)13-19)15-8-6-14(2)7-9-15/h6-9,16H,5,10-11,13H2,1-4H3/t16-,19+/m0/s1. The average molecular weight is 315 g/mol. The number of rotatable bonds is 4. The molecule has 1 saturated heterocycles. The summed E-state index contributed by atoms with van der Waals surface area (Å²) in [6.45, 7) is 8.61. The predicted octanol–water partition coefficient (Wildman–Crippen LogP) is 3.52. The van der Waals surface area contributed by atoms with Crippen LogP contribution in [0.25, 0.3) is 0 Å². The molecule has 1 aliphatic heterocycles. The van der Waals surface area contributed by atoms with Crippen molar-refractivity contribution >= 4 is 5.97 Å². The zero-order valence-electron chi connectivity index (χ0n) is 14.4. The number of nitriles is 1. The maximum Gasteiger partial charge on any atom is 0.324 e. The van der Waals surface area contributed by atoms with Gasteiger partial charge in [0.05, 0.1) is 18.3 Å². The Hall–Kier alpha value is -1.86. The second-order valence-corrected chi connectivity index (χ2v) is 6.87. The molecule has 4 heteroatoms. The van der Waals surface area contributed by atoms with Gasteiger partial charge in [0.1, 0.15) is 0 Å². The zero-order chi connectivity index (χ0) is 17.1.